The first-order valence-corrected chi connectivity index (χ1v) is 6.11. The SMILES string of the molecule is NCCNC(=O)C(=O)N1CCn2c(nnc2C(F)(F)F)C1. The molecule has 1 aliphatic heterocycles. The zero-order chi connectivity index (χ0) is 15.6. The van der Waals surface area contributed by atoms with Crippen molar-refractivity contribution in [3.63, 3.8) is 0 Å². The highest BCUT2D eigenvalue weighted by molar-refractivity contribution is 6.34. The molecule has 0 aliphatic carbocycles. The number of fused-ring (bicyclic) bond motifs is 1. The van der Waals surface area contributed by atoms with Gasteiger partial charge in [-0.05, 0) is 0 Å². The van der Waals surface area contributed by atoms with Crippen molar-refractivity contribution in [1.29, 1.82) is 0 Å². The lowest BCUT2D eigenvalue weighted by Gasteiger charge is -2.27. The summed E-state index contributed by atoms with van der Waals surface area (Å²) in [4.78, 5) is 24.4. The van der Waals surface area contributed by atoms with Gasteiger partial charge in [0.05, 0.1) is 6.54 Å². The zero-order valence-corrected chi connectivity index (χ0v) is 10.9. The van der Waals surface area contributed by atoms with Crippen LogP contribution in [-0.4, -0.2) is 51.1 Å². The minimum absolute atomic E-state index is 0.00597. The van der Waals surface area contributed by atoms with Crippen LogP contribution in [0.15, 0.2) is 0 Å². The van der Waals surface area contributed by atoms with Crippen molar-refractivity contribution in [2.24, 2.45) is 5.73 Å². The van der Waals surface area contributed by atoms with Gasteiger partial charge in [-0.2, -0.15) is 13.2 Å². The highest BCUT2D eigenvalue weighted by Gasteiger charge is 2.40. The van der Waals surface area contributed by atoms with Gasteiger partial charge in [-0.3, -0.25) is 9.59 Å². The van der Waals surface area contributed by atoms with Crippen LogP contribution in [-0.2, 0) is 28.9 Å². The molecule has 11 heteroatoms. The van der Waals surface area contributed by atoms with E-state index in [0.29, 0.717) is 0 Å². The van der Waals surface area contributed by atoms with E-state index < -0.39 is 23.8 Å². The molecule has 0 saturated heterocycles. The van der Waals surface area contributed by atoms with Crippen molar-refractivity contribution in [1.82, 2.24) is 25.0 Å². The molecule has 1 aromatic rings. The molecule has 3 N–H and O–H groups in total. The maximum Gasteiger partial charge on any atom is 0.451 e. The van der Waals surface area contributed by atoms with Crippen LogP contribution in [0.5, 0.6) is 0 Å². The second-order valence-electron chi connectivity index (χ2n) is 4.36. The van der Waals surface area contributed by atoms with E-state index in [1.165, 1.54) is 0 Å². The number of nitrogens with zero attached hydrogens (tertiary/aromatic N) is 4. The minimum atomic E-state index is -4.60. The van der Waals surface area contributed by atoms with E-state index in [0.717, 1.165) is 9.47 Å². The highest BCUT2D eigenvalue weighted by Crippen LogP contribution is 2.29. The lowest BCUT2D eigenvalue weighted by molar-refractivity contribution is -0.150. The maximum absolute atomic E-state index is 12.7. The summed E-state index contributed by atoms with van der Waals surface area (Å²) in [5.41, 5.74) is 5.19. The van der Waals surface area contributed by atoms with E-state index in [2.05, 4.69) is 15.5 Å². The number of rotatable bonds is 2. The molecule has 116 valence electrons. The number of nitrogens with one attached hydrogen (secondary N) is 1. The quantitative estimate of drug-likeness (QED) is 0.662. The Balaban J connectivity index is 2.08. The lowest BCUT2D eigenvalue weighted by Crippen LogP contribution is -2.47. The molecule has 21 heavy (non-hydrogen) atoms. The van der Waals surface area contributed by atoms with Gasteiger partial charge in [0, 0.05) is 26.2 Å². The Morgan fingerprint density at radius 2 is 2.00 bits per heavy atom. The molecule has 0 bridgehead atoms. The van der Waals surface area contributed by atoms with Crippen LogP contribution < -0.4 is 11.1 Å². The van der Waals surface area contributed by atoms with Crippen LogP contribution in [0.3, 0.4) is 0 Å². The Hall–Kier alpha value is -2.17. The molecular weight excluding hydrogens is 293 g/mol. The summed E-state index contributed by atoms with van der Waals surface area (Å²) in [6, 6.07) is 0. The number of alkyl halides is 3. The molecule has 0 fully saturated rings. The van der Waals surface area contributed by atoms with Crippen LogP contribution >= 0.6 is 0 Å². The van der Waals surface area contributed by atoms with E-state index in [1.54, 1.807) is 0 Å². The normalized spacial score (nSPS) is 14.8. The number of hydrogen-bond donors (Lipinski definition) is 2. The van der Waals surface area contributed by atoms with Crippen molar-refractivity contribution in [3.8, 4) is 0 Å². The third-order valence-electron chi connectivity index (χ3n) is 2.92. The molecule has 0 aromatic carbocycles. The van der Waals surface area contributed by atoms with Crippen LogP contribution in [0.1, 0.15) is 11.6 Å². The number of nitrogens with two attached hydrogens (primary N) is 1. The Kier molecular flexibility index (Phi) is 4.11. The lowest BCUT2D eigenvalue weighted by atomic mass is 10.3. The topological polar surface area (TPSA) is 106 Å². The Morgan fingerprint density at radius 1 is 1.29 bits per heavy atom. The van der Waals surface area contributed by atoms with E-state index in [-0.39, 0.29) is 38.5 Å². The van der Waals surface area contributed by atoms with Crippen molar-refractivity contribution < 1.29 is 22.8 Å². The average Bonchev–Trinajstić information content (AvgIpc) is 2.86. The molecule has 0 radical (unpaired) electrons. The largest absolute Gasteiger partial charge is 0.451 e. The summed E-state index contributed by atoms with van der Waals surface area (Å²) in [5, 5.41) is 8.82. The fourth-order valence-corrected chi connectivity index (χ4v) is 1.95. The summed E-state index contributed by atoms with van der Waals surface area (Å²) in [5.74, 6) is -2.78. The molecule has 2 rings (SSSR count). The monoisotopic (exact) mass is 306 g/mol. The number of carbonyl (C=O) groups excluding carboxylic acids is 2. The fourth-order valence-electron chi connectivity index (χ4n) is 1.95. The number of carbonyl (C=O) groups is 2. The third kappa shape index (κ3) is 3.12. The minimum Gasteiger partial charge on any atom is -0.347 e. The predicted molar refractivity (Wildman–Crippen MR) is 62.5 cm³/mol. The summed E-state index contributed by atoms with van der Waals surface area (Å²) >= 11 is 0. The first kappa shape index (κ1) is 15.2. The summed E-state index contributed by atoms with van der Waals surface area (Å²) < 4.78 is 38.9. The van der Waals surface area contributed by atoms with Gasteiger partial charge >= 0.3 is 18.0 Å². The predicted octanol–water partition coefficient (Wildman–Crippen LogP) is -1.29. The third-order valence-corrected chi connectivity index (χ3v) is 2.92. The van der Waals surface area contributed by atoms with Gasteiger partial charge in [0.1, 0.15) is 0 Å². The number of amides is 2. The standard InChI is InChI=1S/C10H13F3N6O2/c11-10(12,13)9-17-16-6-5-18(3-4-19(6)9)8(21)7(20)15-2-1-14/h1-5,14H2,(H,15,20). The van der Waals surface area contributed by atoms with Crippen LogP contribution in [0.25, 0.3) is 0 Å². The van der Waals surface area contributed by atoms with Crippen LogP contribution in [0.4, 0.5) is 13.2 Å². The van der Waals surface area contributed by atoms with Crippen molar-refractivity contribution in [3.05, 3.63) is 11.6 Å². The fraction of sp³-hybridized carbons (Fsp3) is 0.600. The zero-order valence-electron chi connectivity index (χ0n) is 10.9. The van der Waals surface area contributed by atoms with E-state index in [9.17, 15) is 22.8 Å². The maximum atomic E-state index is 12.7. The molecule has 1 aliphatic rings. The van der Waals surface area contributed by atoms with Gasteiger partial charge in [-0.15, -0.1) is 10.2 Å². The first-order chi connectivity index (χ1) is 9.84. The summed E-state index contributed by atoms with van der Waals surface area (Å²) in [6.45, 7) is -0.0108. The van der Waals surface area contributed by atoms with Crippen LogP contribution in [0.2, 0.25) is 0 Å². The van der Waals surface area contributed by atoms with Crippen molar-refractivity contribution in [2.75, 3.05) is 19.6 Å². The second kappa shape index (κ2) is 5.68. The smallest absolute Gasteiger partial charge is 0.347 e. The molecule has 0 spiro atoms. The van der Waals surface area contributed by atoms with Gasteiger partial charge in [0.25, 0.3) is 0 Å². The van der Waals surface area contributed by atoms with Crippen molar-refractivity contribution in [2.45, 2.75) is 19.3 Å². The van der Waals surface area contributed by atoms with Gasteiger partial charge < -0.3 is 20.5 Å². The van der Waals surface area contributed by atoms with Crippen LogP contribution in [0, 0.1) is 0 Å². The molecule has 2 amide bonds. The average molecular weight is 306 g/mol. The molecule has 0 unspecified atom stereocenters. The van der Waals surface area contributed by atoms with Gasteiger partial charge in [0.15, 0.2) is 5.82 Å². The number of aromatic nitrogens is 3. The van der Waals surface area contributed by atoms with Gasteiger partial charge in [0.2, 0.25) is 5.82 Å². The van der Waals surface area contributed by atoms with Crippen molar-refractivity contribution >= 4 is 11.8 Å². The molecule has 0 saturated carbocycles. The van der Waals surface area contributed by atoms with Gasteiger partial charge in [-0.25, -0.2) is 0 Å². The summed E-state index contributed by atoms with van der Waals surface area (Å²) in [6.07, 6.45) is -4.60. The van der Waals surface area contributed by atoms with Gasteiger partial charge in [-0.1, -0.05) is 0 Å². The molecule has 2 heterocycles. The Labute approximate surface area is 117 Å². The van der Waals surface area contributed by atoms with E-state index >= 15 is 0 Å². The highest BCUT2D eigenvalue weighted by atomic mass is 19.4. The van der Waals surface area contributed by atoms with E-state index in [4.69, 9.17) is 5.73 Å². The molecule has 8 nitrogen and oxygen atoms in total. The Morgan fingerprint density at radius 3 is 2.62 bits per heavy atom. The summed E-state index contributed by atoms with van der Waals surface area (Å²) in [7, 11) is 0. The first-order valence-electron chi connectivity index (χ1n) is 6.11. The number of halogens is 3. The molecule has 0 atom stereocenters. The Bertz CT molecular complexity index is 555. The second-order valence-corrected chi connectivity index (χ2v) is 4.36. The molecular formula is C10H13F3N6O2. The molecule has 1 aromatic heterocycles. The number of hydrogen-bond acceptors (Lipinski definition) is 5. The van der Waals surface area contributed by atoms with E-state index in [1.807, 2.05) is 0 Å².